The zero-order valence-electron chi connectivity index (χ0n) is 12.6. The van der Waals surface area contributed by atoms with Gasteiger partial charge in [-0.3, -0.25) is 4.79 Å². The number of likely N-dealkylation sites (tertiary alicyclic amines) is 1. The van der Waals surface area contributed by atoms with Crippen LogP contribution in [0.4, 0.5) is 4.79 Å². The lowest BCUT2D eigenvalue weighted by atomic mass is 9.76. The Bertz CT molecular complexity index is 430. The number of carboxylic acids is 1. The standard InChI is InChI=1S/C14H23N3O3/c1-10(2)14(12(18)19)6-8-17(9-14)13(20)16(4)11(3)5-7-15/h10-11H,5-6,8-9H2,1-4H3,(H,18,19). The summed E-state index contributed by atoms with van der Waals surface area (Å²) in [5, 5.41) is 18.2. The lowest BCUT2D eigenvalue weighted by molar-refractivity contribution is -0.150. The maximum atomic E-state index is 12.3. The first-order valence-corrected chi connectivity index (χ1v) is 6.88. The van der Waals surface area contributed by atoms with Crippen LogP contribution in [-0.4, -0.2) is 53.1 Å². The molecule has 6 nitrogen and oxygen atoms in total. The molecule has 6 heteroatoms. The Morgan fingerprint density at radius 3 is 2.45 bits per heavy atom. The summed E-state index contributed by atoms with van der Waals surface area (Å²) in [4.78, 5) is 27.0. The van der Waals surface area contributed by atoms with E-state index in [-0.39, 0.29) is 31.0 Å². The molecule has 1 N–H and O–H groups in total. The normalized spacial score (nSPS) is 23.5. The summed E-state index contributed by atoms with van der Waals surface area (Å²) in [7, 11) is 1.65. The van der Waals surface area contributed by atoms with E-state index in [0.717, 1.165) is 0 Å². The van der Waals surface area contributed by atoms with Gasteiger partial charge in [0.15, 0.2) is 0 Å². The minimum Gasteiger partial charge on any atom is -0.481 e. The first kappa shape index (κ1) is 16.3. The number of urea groups is 1. The van der Waals surface area contributed by atoms with Crippen molar-refractivity contribution in [2.45, 2.75) is 39.7 Å². The fraction of sp³-hybridized carbons (Fsp3) is 0.786. The highest BCUT2D eigenvalue weighted by Gasteiger charge is 2.49. The molecule has 1 heterocycles. The molecular formula is C14H23N3O3. The monoisotopic (exact) mass is 281 g/mol. The number of nitrogens with zero attached hydrogens (tertiary/aromatic N) is 3. The van der Waals surface area contributed by atoms with Crippen molar-refractivity contribution in [3.05, 3.63) is 0 Å². The van der Waals surface area contributed by atoms with Crippen LogP contribution in [0.25, 0.3) is 0 Å². The highest BCUT2D eigenvalue weighted by molar-refractivity contribution is 5.80. The maximum absolute atomic E-state index is 12.3. The Morgan fingerprint density at radius 1 is 1.45 bits per heavy atom. The highest BCUT2D eigenvalue weighted by atomic mass is 16.4. The van der Waals surface area contributed by atoms with E-state index in [1.165, 1.54) is 4.90 Å². The molecule has 0 radical (unpaired) electrons. The smallest absolute Gasteiger partial charge is 0.320 e. The Balaban J connectivity index is 2.79. The van der Waals surface area contributed by atoms with E-state index in [9.17, 15) is 14.7 Å². The molecule has 2 atom stereocenters. The molecule has 0 saturated carbocycles. The van der Waals surface area contributed by atoms with Gasteiger partial charge in [0.2, 0.25) is 0 Å². The molecule has 0 bridgehead atoms. The van der Waals surface area contributed by atoms with Gasteiger partial charge in [0.05, 0.1) is 17.9 Å². The lowest BCUT2D eigenvalue weighted by Gasteiger charge is -2.31. The van der Waals surface area contributed by atoms with E-state index in [0.29, 0.717) is 13.0 Å². The van der Waals surface area contributed by atoms with Crippen LogP contribution in [0.5, 0.6) is 0 Å². The number of hydrogen-bond donors (Lipinski definition) is 1. The summed E-state index contributed by atoms with van der Waals surface area (Å²) in [5.74, 6) is -0.866. The number of rotatable bonds is 4. The fourth-order valence-corrected chi connectivity index (χ4v) is 2.57. The summed E-state index contributed by atoms with van der Waals surface area (Å²) in [6, 6.07) is 1.67. The first-order chi connectivity index (χ1) is 9.26. The molecule has 2 unspecified atom stereocenters. The second-order valence-electron chi connectivity index (χ2n) is 5.89. The van der Waals surface area contributed by atoms with Gasteiger partial charge in [-0.25, -0.2) is 4.79 Å². The number of hydrogen-bond acceptors (Lipinski definition) is 3. The van der Waals surface area contributed by atoms with Crippen molar-refractivity contribution in [2.24, 2.45) is 11.3 Å². The van der Waals surface area contributed by atoms with Crippen molar-refractivity contribution in [1.82, 2.24) is 9.80 Å². The van der Waals surface area contributed by atoms with Crippen molar-refractivity contribution in [1.29, 1.82) is 5.26 Å². The Labute approximate surface area is 120 Å². The van der Waals surface area contributed by atoms with Gasteiger partial charge < -0.3 is 14.9 Å². The summed E-state index contributed by atoms with van der Waals surface area (Å²) in [6.07, 6.45) is 0.747. The Morgan fingerprint density at radius 2 is 2.05 bits per heavy atom. The summed E-state index contributed by atoms with van der Waals surface area (Å²) in [6.45, 7) is 6.26. The molecule has 0 aliphatic carbocycles. The molecule has 1 fully saturated rings. The van der Waals surface area contributed by atoms with Gasteiger partial charge in [0.1, 0.15) is 0 Å². The van der Waals surface area contributed by atoms with Gasteiger partial charge in [0, 0.05) is 26.2 Å². The molecule has 0 aromatic carbocycles. The van der Waals surface area contributed by atoms with Crippen LogP contribution in [0.2, 0.25) is 0 Å². The number of nitriles is 1. The van der Waals surface area contributed by atoms with Gasteiger partial charge in [0.25, 0.3) is 0 Å². The zero-order valence-corrected chi connectivity index (χ0v) is 12.6. The van der Waals surface area contributed by atoms with Gasteiger partial charge in [-0.05, 0) is 19.3 Å². The van der Waals surface area contributed by atoms with Gasteiger partial charge in [-0.15, -0.1) is 0 Å². The first-order valence-electron chi connectivity index (χ1n) is 6.88. The Hall–Kier alpha value is -1.77. The minimum absolute atomic E-state index is 0.0281. The molecule has 112 valence electrons. The van der Waals surface area contributed by atoms with E-state index in [1.807, 2.05) is 26.8 Å². The third kappa shape index (κ3) is 2.87. The second kappa shape index (κ2) is 6.12. The van der Waals surface area contributed by atoms with Crippen LogP contribution < -0.4 is 0 Å². The van der Waals surface area contributed by atoms with Crippen molar-refractivity contribution in [3.8, 4) is 6.07 Å². The third-order valence-corrected chi connectivity index (χ3v) is 4.45. The van der Waals surface area contributed by atoms with E-state index in [1.54, 1.807) is 11.9 Å². The van der Waals surface area contributed by atoms with Crippen LogP contribution >= 0.6 is 0 Å². The number of carboxylic acid groups (broad SMARTS) is 1. The van der Waals surface area contributed by atoms with Crippen LogP contribution in [0, 0.1) is 22.7 Å². The molecular weight excluding hydrogens is 258 g/mol. The number of amides is 2. The van der Waals surface area contributed by atoms with Crippen molar-refractivity contribution < 1.29 is 14.7 Å². The predicted molar refractivity (Wildman–Crippen MR) is 73.9 cm³/mol. The van der Waals surface area contributed by atoms with Crippen LogP contribution in [-0.2, 0) is 4.79 Å². The number of aliphatic carboxylic acids is 1. The number of carbonyl (C=O) groups is 2. The third-order valence-electron chi connectivity index (χ3n) is 4.45. The molecule has 0 aromatic heterocycles. The molecule has 1 saturated heterocycles. The molecule has 20 heavy (non-hydrogen) atoms. The van der Waals surface area contributed by atoms with Crippen molar-refractivity contribution >= 4 is 12.0 Å². The molecule has 2 amide bonds. The fourth-order valence-electron chi connectivity index (χ4n) is 2.57. The SMILES string of the molecule is CC(CC#N)N(C)C(=O)N1CCC(C(=O)O)(C(C)C)C1. The molecule has 0 aromatic rings. The van der Waals surface area contributed by atoms with Gasteiger partial charge in [-0.1, -0.05) is 13.8 Å². The van der Waals surface area contributed by atoms with Crippen molar-refractivity contribution in [3.63, 3.8) is 0 Å². The van der Waals surface area contributed by atoms with E-state index in [4.69, 9.17) is 5.26 Å². The predicted octanol–water partition coefficient (Wildman–Crippen LogP) is 1.77. The van der Waals surface area contributed by atoms with E-state index in [2.05, 4.69) is 0 Å². The second-order valence-corrected chi connectivity index (χ2v) is 5.89. The molecule has 0 spiro atoms. The van der Waals surface area contributed by atoms with E-state index >= 15 is 0 Å². The number of carbonyl (C=O) groups excluding carboxylic acids is 1. The quantitative estimate of drug-likeness (QED) is 0.851. The van der Waals surface area contributed by atoms with Crippen LogP contribution in [0.1, 0.15) is 33.6 Å². The topological polar surface area (TPSA) is 84.6 Å². The average Bonchev–Trinajstić information content (AvgIpc) is 2.83. The summed E-state index contributed by atoms with van der Waals surface area (Å²) < 4.78 is 0. The lowest BCUT2D eigenvalue weighted by Crippen LogP contribution is -2.46. The average molecular weight is 281 g/mol. The summed E-state index contributed by atoms with van der Waals surface area (Å²) in [5.41, 5.74) is -0.852. The largest absolute Gasteiger partial charge is 0.481 e. The molecule has 1 aliphatic rings. The van der Waals surface area contributed by atoms with Crippen molar-refractivity contribution in [2.75, 3.05) is 20.1 Å². The van der Waals surface area contributed by atoms with Gasteiger partial charge in [-0.2, -0.15) is 5.26 Å². The molecule has 1 rings (SSSR count). The molecule has 1 aliphatic heterocycles. The minimum atomic E-state index is -0.852. The van der Waals surface area contributed by atoms with Gasteiger partial charge >= 0.3 is 12.0 Å². The van der Waals surface area contributed by atoms with Crippen LogP contribution in [0.15, 0.2) is 0 Å². The highest BCUT2D eigenvalue weighted by Crippen LogP contribution is 2.38. The Kier molecular flexibility index (Phi) is 4.98. The van der Waals surface area contributed by atoms with Crippen LogP contribution in [0.3, 0.4) is 0 Å². The zero-order chi connectivity index (χ0) is 15.5. The maximum Gasteiger partial charge on any atom is 0.320 e. The van der Waals surface area contributed by atoms with E-state index < -0.39 is 11.4 Å². The summed E-state index contributed by atoms with van der Waals surface area (Å²) >= 11 is 0.